The zero-order valence-electron chi connectivity index (χ0n) is 14.3. The van der Waals surface area contributed by atoms with E-state index in [1.807, 2.05) is 35.0 Å². The van der Waals surface area contributed by atoms with Gasteiger partial charge in [-0.1, -0.05) is 6.07 Å². The maximum absolute atomic E-state index is 12.3. The summed E-state index contributed by atoms with van der Waals surface area (Å²) in [6.45, 7) is 0.824. The van der Waals surface area contributed by atoms with E-state index in [1.165, 1.54) is 0 Å². The molecule has 2 heterocycles. The van der Waals surface area contributed by atoms with Gasteiger partial charge in [-0.2, -0.15) is 0 Å². The van der Waals surface area contributed by atoms with Crippen molar-refractivity contribution in [2.24, 2.45) is 0 Å². The quantitative estimate of drug-likeness (QED) is 0.717. The molecule has 0 aliphatic carbocycles. The van der Waals surface area contributed by atoms with Gasteiger partial charge in [-0.3, -0.25) is 4.79 Å². The minimum absolute atomic E-state index is 0.0834. The second kappa shape index (κ2) is 6.55. The monoisotopic (exact) mass is 350 g/mol. The van der Waals surface area contributed by atoms with E-state index in [0.29, 0.717) is 24.2 Å². The van der Waals surface area contributed by atoms with Crippen molar-refractivity contribution in [3.05, 3.63) is 59.8 Å². The van der Waals surface area contributed by atoms with Crippen molar-refractivity contribution < 1.29 is 19.1 Å². The molecule has 3 aromatic rings. The van der Waals surface area contributed by atoms with E-state index < -0.39 is 0 Å². The highest BCUT2D eigenvalue weighted by Crippen LogP contribution is 2.26. The van der Waals surface area contributed by atoms with E-state index in [4.69, 9.17) is 9.47 Å². The average molecular weight is 350 g/mol. The molecule has 0 saturated heterocycles. The molecular formula is C20H18N2O4. The van der Waals surface area contributed by atoms with Crippen molar-refractivity contribution >= 4 is 28.5 Å². The lowest BCUT2D eigenvalue weighted by molar-refractivity contribution is -0.116. The van der Waals surface area contributed by atoms with Crippen LogP contribution in [0.1, 0.15) is 22.3 Å². The van der Waals surface area contributed by atoms with E-state index in [2.05, 4.69) is 5.32 Å². The summed E-state index contributed by atoms with van der Waals surface area (Å²) in [4.78, 5) is 23.7. The number of carbonyl (C=O) groups excluding carboxylic acids is 2. The van der Waals surface area contributed by atoms with Gasteiger partial charge < -0.3 is 19.4 Å². The molecule has 0 radical (unpaired) electrons. The Morgan fingerprint density at radius 1 is 1.27 bits per heavy atom. The van der Waals surface area contributed by atoms with Crippen LogP contribution in [0.25, 0.3) is 10.9 Å². The number of hydrogen-bond donors (Lipinski definition) is 1. The predicted molar refractivity (Wildman–Crippen MR) is 97.3 cm³/mol. The van der Waals surface area contributed by atoms with Crippen LogP contribution in [0.2, 0.25) is 0 Å². The van der Waals surface area contributed by atoms with Crippen molar-refractivity contribution in [1.29, 1.82) is 0 Å². The zero-order valence-corrected chi connectivity index (χ0v) is 14.3. The Balaban J connectivity index is 1.43. The summed E-state index contributed by atoms with van der Waals surface area (Å²) in [5, 5.41) is 3.90. The van der Waals surface area contributed by atoms with Gasteiger partial charge in [0.1, 0.15) is 12.4 Å². The number of benzene rings is 2. The molecule has 1 aliphatic rings. The number of fused-ring (bicyclic) bond motifs is 2. The Hall–Kier alpha value is -3.28. The summed E-state index contributed by atoms with van der Waals surface area (Å²) in [6, 6.07) is 13.0. The first-order valence-electron chi connectivity index (χ1n) is 8.37. The number of amides is 1. The van der Waals surface area contributed by atoms with Crippen molar-refractivity contribution in [3.8, 4) is 5.75 Å². The smallest absolute Gasteiger partial charge is 0.338 e. The van der Waals surface area contributed by atoms with Crippen LogP contribution in [0.4, 0.5) is 5.69 Å². The number of cyclic esters (lactones) is 1. The number of aromatic nitrogens is 1. The Labute approximate surface area is 150 Å². The minimum Gasteiger partial charge on any atom is -0.496 e. The number of hydrogen-bond acceptors (Lipinski definition) is 4. The highest BCUT2D eigenvalue weighted by Gasteiger charge is 2.21. The fourth-order valence-corrected chi connectivity index (χ4v) is 3.22. The molecule has 6 heteroatoms. The molecule has 0 spiro atoms. The number of carbonyl (C=O) groups is 2. The molecule has 0 unspecified atom stereocenters. The summed E-state index contributed by atoms with van der Waals surface area (Å²) in [7, 11) is 1.65. The first-order chi connectivity index (χ1) is 12.7. The van der Waals surface area contributed by atoms with Crippen molar-refractivity contribution in [2.45, 2.75) is 19.6 Å². The van der Waals surface area contributed by atoms with Gasteiger partial charge in [0.05, 0.1) is 18.2 Å². The number of methoxy groups -OCH3 is 1. The first kappa shape index (κ1) is 16.2. The van der Waals surface area contributed by atoms with E-state index >= 15 is 0 Å². The van der Waals surface area contributed by atoms with Crippen LogP contribution < -0.4 is 10.1 Å². The molecule has 1 aliphatic heterocycles. The van der Waals surface area contributed by atoms with Crippen molar-refractivity contribution in [3.63, 3.8) is 0 Å². The predicted octanol–water partition coefficient (Wildman–Crippen LogP) is 3.35. The average Bonchev–Trinajstić information content (AvgIpc) is 3.23. The summed E-state index contributed by atoms with van der Waals surface area (Å²) >= 11 is 0. The SMILES string of the molecule is COc1cccc2c1ccn2CCC(=O)Nc1ccc2c(c1)COC2=O. The number of nitrogens with one attached hydrogen (secondary N) is 1. The second-order valence-corrected chi connectivity index (χ2v) is 6.15. The largest absolute Gasteiger partial charge is 0.496 e. The van der Waals surface area contributed by atoms with Crippen LogP contribution in [-0.4, -0.2) is 23.6 Å². The highest BCUT2D eigenvalue weighted by molar-refractivity contribution is 5.96. The Kier molecular flexibility index (Phi) is 4.08. The van der Waals surface area contributed by atoms with Gasteiger partial charge >= 0.3 is 5.97 Å². The lowest BCUT2D eigenvalue weighted by Gasteiger charge is -2.08. The number of ether oxygens (including phenoxy) is 2. The van der Waals surface area contributed by atoms with Gasteiger partial charge in [-0.25, -0.2) is 4.79 Å². The van der Waals surface area contributed by atoms with Gasteiger partial charge in [0.25, 0.3) is 0 Å². The zero-order chi connectivity index (χ0) is 18.1. The van der Waals surface area contributed by atoms with Gasteiger partial charge in [0.15, 0.2) is 0 Å². The molecule has 1 N–H and O–H groups in total. The van der Waals surface area contributed by atoms with Gasteiger partial charge in [-0.05, 0) is 36.4 Å². The second-order valence-electron chi connectivity index (χ2n) is 6.15. The number of aryl methyl sites for hydroxylation is 1. The highest BCUT2D eigenvalue weighted by atomic mass is 16.5. The summed E-state index contributed by atoms with van der Waals surface area (Å²) in [6.07, 6.45) is 2.30. The van der Waals surface area contributed by atoms with E-state index in [1.54, 1.807) is 25.3 Å². The molecule has 132 valence electrons. The lowest BCUT2D eigenvalue weighted by Crippen LogP contribution is -2.14. The Bertz CT molecular complexity index is 1010. The van der Waals surface area contributed by atoms with Crippen LogP contribution in [0, 0.1) is 0 Å². The van der Waals surface area contributed by atoms with Gasteiger partial charge in [0.2, 0.25) is 5.91 Å². The molecule has 0 fully saturated rings. The van der Waals surface area contributed by atoms with Crippen LogP contribution in [0.3, 0.4) is 0 Å². The van der Waals surface area contributed by atoms with Gasteiger partial charge in [0, 0.05) is 35.8 Å². The maximum Gasteiger partial charge on any atom is 0.338 e. The third-order valence-electron chi connectivity index (χ3n) is 4.54. The van der Waals surface area contributed by atoms with Crippen LogP contribution >= 0.6 is 0 Å². The molecule has 26 heavy (non-hydrogen) atoms. The fraction of sp³-hybridized carbons (Fsp3) is 0.200. The topological polar surface area (TPSA) is 69.6 Å². The fourth-order valence-electron chi connectivity index (χ4n) is 3.22. The lowest BCUT2D eigenvalue weighted by atomic mass is 10.1. The number of rotatable bonds is 5. The third kappa shape index (κ3) is 2.90. The van der Waals surface area contributed by atoms with E-state index in [9.17, 15) is 9.59 Å². The maximum atomic E-state index is 12.3. The summed E-state index contributed by atoms with van der Waals surface area (Å²) in [5.74, 6) is 0.424. The number of esters is 1. The molecule has 6 nitrogen and oxygen atoms in total. The van der Waals surface area contributed by atoms with Crippen molar-refractivity contribution in [1.82, 2.24) is 4.57 Å². The van der Waals surface area contributed by atoms with Crippen LogP contribution in [-0.2, 0) is 22.7 Å². The van der Waals surface area contributed by atoms with Crippen LogP contribution in [0.15, 0.2) is 48.7 Å². The molecule has 2 aromatic carbocycles. The van der Waals surface area contributed by atoms with E-state index in [0.717, 1.165) is 22.2 Å². The standard InChI is InChI=1S/C20H18N2O4/c1-25-18-4-2-3-17-16(18)7-9-22(17)10-8-19(23)21-14-5-6-15-13(11-14)12-26-20(15)24/h2-7,9,11H,8,10,12H2,1H3,(H,21,23). The molecule has 0 saturated carbocycles. The number of nitrogens with zero attached hydrogens (tertiary/aromatic N) is 1. The minimum atomic E-state index is -0.312. The van der Waals surface area contributed by atoms with Gasteiger partial charge in [-0.15, -0.1) is 0 Å². The first-order valence-corrected chi connectivity index (χ1v) is 8.37. The van der Waals surface area contributed by atoms with Crippen LogP contribution in [0.5, 0.6) is 5.75 Å². The number of anilines is 1. The molecule has 1 amide bonds. The normalized spacial score (nSPS) is 12.7. The molecule has 4 rings (SSSR count). The van der Waals surface area contributed by atoms with E-state index in [-0.39, 0.29) is 18.5 Å². The summed E-state index contributed by atoms with van der Waals surface area (Å²) in [5.41, 5.74) is 3.07. The molecule has 0 bridgehead atoms. The Morgan fingerprint density at radius 2 is 2.15 bits per heavy atom. The molecule has 0 atom stereocenters. The molecular weight excluding hydrogens is 332 g/mol. The Morgan fingerprint density at radius 3 is 3.00 bits per heavy atom. The van der Waals surface area contributed by atoms with Crippen molar-refractivity contribution in [2.75, 3.05) is 12.4 Å². The molecule has 1 aromatic heterocycles. The third-order valence-corrected chi connectivity index (χ3v) is 4.54. The summed E-state index contributed by atoms with van der Waals surface area (Å²) < 4.78 is 12.4.